The van der Waals surface area contributed by atoms with Crippen LogP contribution >= 0.6 is 11.8 Å². The molecule has 0 N–H and O–H groups in total. The Labute approximate surface area is 373 Å². The van der Waals surface area contributed by atoms with Crippen molar-refractivity contribution in [2.45, 2.75) is 284 Å². The molecule has 59 heavy (non-hydrogen) atoms. The van der Waals surface area contributed by atoms with Gasteiger partial charge in [0.1, 0.15) is 6.61 Å². The highest BCUT2D eigenvalue weighted by molar-refractivity contribution is 7.99. The first-order chi connectivity index (χ1) is 29.1. The lowest BCUT2D eigenvalue weighted by molar-refractivity contribution is -0.160. The fourth-order valence-electron chi connectivity index (χ4n) is 7.75. The minimum absolute atomic E-state index is 0.0832. The summed E-state index contributed by atoms with van der Waals surface area (Å²) in [5.41, 5.74) is 0. The first kappa shape index (κ1) is 58.0. The van der Waals surface area contributed by atoms with E-state index >= 15 is 0 Å². The Morgan fingerprint density at radius 1 is 0.424 bits per heavy atom. The van der Waals surface area contributed by atoms with Gasteiger partial charge in [-0.25, -0.2) is 0 Å². The summed E-state index contributed by atoms with van der Waals surface area (Å²) in [5.74, 6) is 0.907. The summed E-state index contributed by atoms with van der Waals surface area (Å²) in [7, 11) is 0. The third-order valence-corrected chi connectivity index (χ3v) is 12.7. The lowest BCUT2D eigenvalue weighted by atomic mass is 10.0. The van der Waals surface area contributed by atoms with Gasteiger partial charge in [-0.15, -0.1) is 0 Å². The van der Waals surface area contributed by atoms with Crippen LogP contribution in [0.4, 0.5) is 0 Å². The summed E-state index contributed by atoms with van der Waals surface area (Å²) < 4.78 is 17.4. The van der Waals surface area contributed by atoms with Gasteiger partial charge in [0.05, 0.1) is 12.4 Å². The summed E-state index contributed by atoms with van der Waals surface area (Å²) in [6.45, 7) is 7.85. The van der Waals surface area contributed by atoms with E-state index in [9.17, 15) is 9.59 Å². The summed E-state index contributed by atoms with van der Waals surface area (Å²) in [6.07, 6.45) is 55.3. The fourth-order valence-corrected chi connectivity index (χ4v) is 8.54. The van der Waals surface area contributed by atoms with Crippen LogP contribution in [-0.2, 0) is 23.8 Å². The topological polar surface area (TPSA) is 61.8 Å². The van der Waals surface area contributed by atoms with Crippen molar-refractivity contribution in [1.82, 2.24) is 0 Å². The lowest BCUT2D eigenvalue weighted by Crippen LogP contribution is -2.30. The molecule has 0 radical (unpaired) electrons. The van der Waals surface area contributed by atoms with Crippen LogP contribution in [-0.4, -0.2) is 49.4 Å². The smallest absolute Gasteiger partial charge is 0.316 e. The number of unbranched alkanes of at least 4 members (excludes halogenated alkanes) is 35. The molecule has 0 aliphatic carbocycles. The van der Waals surface area contributed by atoms with Gasteiger partial charge in [-0.1, -0.05) is 238 Å². The van der Waals surface area contributed by atoms with E-state index in [2.05, 4.69) is 32.9 Å². The largest absolute Gasteiger partial charge is 0.462 e. The van der Waals surface area contributed by atoms with Gasteiger partial charge in [0, 0.05) is 13.0 Å². The number of hydrogen-bond donors (Lipinski definition) is 0. The molecule has 0 saturated carbocycles. The molecule has 0 heterocycles. The van der Waals surface area contributed by atoms with Gasteiger partial charge in [0.25, 0.3) is 0 Å². The van der Waals surface area contributed by atoms with Crippen LogP contribution in [0.1, 0.15) is 278 Å². The van der Waals surface area contributed by atoms with Crippen molar-refractivity contribution in [2.75, 3.05) is 31.3 Å². The highest BCUT2D eigenvalue weighted by Gasteiger charge is 2.18. The highest BCUT2D eigenvalue weighted by atomic mass is 32.2. The van der Waals surface area contributed by atoms with Crippen LogP contribution in [0.15, 0.2) is 12.2 Å². The van der Waals surface area contributed by atoms with Crippen molar-refractivity contribution < 1.29 is 23.8 Å². The molecule has 0 aromatic heterocycles. The maximum atomic E-state index is 12.8. The van der Waals surface area contributed by atoms with Gasteiger partial charge in [-0.3, -0.25) is 9.59 Å². The number of carbonyl (C=O) groups excluding carboxylic acids is 2. The lowest BCUT2D eigenvalue weighted by Gasteiger charge is -2.18. The first-order valence-corrected chi connectivity index (χ1v) is 27.4. The van der Waals surface area contributed by atoms with E-state index in [4.69, 9.17) is 14.2 Å². The van der Waals surface area contributed by atoms with Gasteiger partial charge in [-0.2, -0.15) is 11.8 Å². The van der Waals surface area contributed by atoms with E-state index in [1.165, 1.54) is 218 Å². The zero-order valence-corrected chi connectivity index (χ0v) is 40.8. The van der Waals surface area contributed by atoms with E-state index in [1.807, 2.05) is 0 Å². The Kier molecular flexibility index (Phi) is 50.5. The SMILES string of the molecule is CCCCCCCC/C=C\CCCCCCCCOCC(COC(=O)CCCCCCCCCCCCCCC)OC(=O)CSCCCCCCCCCCCCCC. The zero-order valence-electron chi connectivity index (χ0n) is 40.0. The Bertz CT molecular complexity index is 863. The first-order valence-electron chi connectivity index (χ1n) is 26.3. The average molecular weight is 851 g/mol. The third-order valence-electron chi connectivity index (χ3n) is 11.7. The summed E-state index contributed by atoms with van der Waals surface area (Å²) in [4.78, 5) is 25.4. The molecule has 0 aliphatic heterocycles. The van der Waals surface area contributed by atoms with E-state index in [1.54, 1.807) is 11.8 Å². The number of rotatable bonds is 50. The van der Waals surface area contributed by atoms with Gasteiger partial charge in [-0.05, 0) is 50.7 Å². The van der Waals surface area contributed by atoms with E-state index in [0.29, 0.717) is 18.8 Å². The highest BCUT2D eigenvalue weighted by Crippen LogP contribution is 2.16. The van der Waals surface area contributed by atoms with Gasteiger partial charge in [0.2, 0.25) is 0 Å². The molecule has 0 aliphatic rings. The monoisotopic (exact) mass is 851 g/mol. The van der Waals surface area contributed by atoms with Gasteiger partial charge < -0.3 is 14.2 Å². The van der Waals surface area contributed by atoms with Crippen LogP contribution in [0.3, 0.4) is 0 Å². The minimum atomic E-state index is -0.542. The molecule has 0 amide bonds. The number of esters is 2. The molecular formula is C53H102O5S. The minimum Gasteiger partial charge on any atom is -0.462 e. The van der Waals surface area contributed by atoms with Gasteiger partial charge >= 0.3 is 11.9 Å². The maximum Gasteiger partial charge on any atom is 0.316 e. The van der Waals surface area contributed by atoms with Crippen molar-refractivity contribution in [3.63, 3.8) is 0 Å². The molecule has 0 aromatic carbocycles. The number of allylic oxidation sites excluding steroid dienone is 2. The number of carbonyl (C=O) groups is 2. The van der Waals surface area contributed by atoms with Crippen LogP contribution in [0.2, 0.25) is 0 Å². The van der Waals surface area contributed by atoms with Crippen LogP contribution in [0.5, 0.6) is 0 Å². The fraction of sp³-hybridized carbons (Fsp3) is 0.925. The standard InChI is InChI=1S/C53H102O5S/c1-4-7-10-13-16-19-22-25-26-27-29-31-34-37-40-43-46-56-48-51(49-57-52(54)45-42-39-36-33-30-28-23-20-17-14-11-8-5-2)58-53(55)50-59-47-44-41-38-35-32-24-21-18-15-12-9-6-3/h25-26,51H,4-24,27-50H2,1-3H3/b26-25-. The van der Waals surface area contributed by atoms with Crippen LogP contribution in [0, 0.1) is 0 Å². The zero-order chi connectivity index (χ0) is 42.8. The molecule has 1 unspecified atom stereocenters. The molecule has 350 valence electrons. The second-order valence-corrected chi connectivity index (χ2v) is 18.8. The van der Waals surface area contributed by atoms with Crippen molar-refractivity contribution >= 4 is 23.7 Å². The van der Waals surface area contributed by atoms with Crippen LogP contribution < -0.4 is 0 Å². The molecule has 0 fully saturated rings. The molecule has 6 heteroatoms. The number of thioether (sulfide) groups is 1. The van der Waals surface area contributed by atoms with E-state index in [-0.39, 0.29) is 25.2 Å². The summed E-state index contributed by atoms with van der Waals surface area (Å²) in [6, 6.07) is 0. The van der Waals surface area contributed by atoms with E-state index < -0.39 is 6.10 Å². The van der Waals surface area contributed by atoms with E-state index in [0.717, 1.165) is 37.9 Å². The summed E-state index contributed by atoms with van der Waals surface area (Å²) in [5, 5.41) is 0. The second-order valence-electron chi connectivity index (χ2n) is 17.7. The molecule has 0 aromatic rings. The number of ether oxygens (including phenoxy) is 3. The van der Waals surface area contributed by atoms with Crippen molar-refractivity contribution in [3.8, 4) is 0 Å². The Morgan fingerprint density at radius 3 is 1.24 bits per heavy atom. The summed E-state index contributed by atoms with van der Waals surface area (Å²) >= 11 is 1.66. The quantitative estimate of drug-likeness (QED) is 0.0345. The molecule has 0 saturated heterocycles. The Morgan fingerprint density at radius 2 is 0.797 bits per heavy atom. The molecule has 0 bridgehead atoms. The third kappa shape index (κ3) is 49.5. The molecular weight excluding hydrogens is 749 g/mol. The molecule has 0 spiro atoms. The maximum absolute atomic E-state index is 12.8. The van der Waals surface area contributed by atoms with Crippen molar-refractivity contribution in [2.24, 2.45) is 0 Å². The predicted octanol–water partition coefficient (Wildman–Crippen LogP) is 17.4. The Hall–Kier alpha value is -1.01. The molecule has 0 rings (SSSR count). The van der Waals surface area contributed by atoms with Crippen molar-refractivity contribution in [1.29, 1.82) is 0 Å². The second kappa shape index (κ2) is 51.3. The van der Waals surface area contributed by atoms with Crippen LogP contribution in [0.25, 0.3) is 0 Å². The number of hydrogen-bond acceptors (Lipinski definition) is 6. The van der Waals surface area contributed by atoms with Gasteiger partial charge in [0.15, 0.2) is 6.10 Å². The normalized spacial score (nSPS) is 12.1. The average Bonchev–Trinajstić information content (AvgIpc) is 3.24. The molecule has 1 atom stereocenters. The Balaban J connectivity index is 4.21. The van der Waals surface area contributed by atoms with Crippen molar-refractivity contribution in [3.05, 3.63) is 12.2 Å². The molecule has 5 nitrogen and oxygen atoms in total. The predicted molar refractivity (Wildman–Crippen MR) is 260 cm³/mol.